The summed E-state index contributed by atoms with van der Waals surface area (Å²) in [5.74, 6) is -0.409. The zero-order valence-corrected chi connectivity index (χ0v) is 7.69. The predicted molar refractivity (Wildman–Crippen MR) is 49.4 cm³/mol. The maximum atomic E-state index is 12.6. The molecular formula is C8H11FNOP. The van der Waals surface area contributed by atoms with Crippen molar-refractivity contribution in [2.24, 2.45) is 5.73 Å². The summed E-state index contributed by atoms with van der Waals surface area (Å²) in [6.07, 6.45) is 4.17. The van der Waals surface area contributed by atoms with Gasteiger partial charge in [0.1, 0.15) is 6.17 Å². The Morgan fingerprint density at radius 1 is 1.83 bits per heavy atom. The molecule has 0 radical (unpaired) electrons. The third-order valence-corrected chi connectivity index (χ3v) is 2.46. The van der Waals surface area contributed by atoms with Crippen LogP contribution in [0.2, 0.25) is 0 Å². The summed E-state index contributed by atoms with van der Waals surface area (Å²) in [7, 11) is 2.34. The largest absolute Gasteiger partial charge is 0.369 e. The van der Waals surface area contributed by atoms with E-state index in [9.17, 15) is 9.18 Å². The maximum absolute atomic E-state index is 12.6. The second kappa shape index (κ2) is 3.81. The quantitative estimate of drug-likeness (QED) is 0.642. The first-order valence-electron chi connectivity index (χ1n) is 3.68. The number of halogens is 1. The van der Waals surface area contributed by atoms with Crippen molar-refractivity contribution in [3.63, 3.8) is 0 Å². The molecule has 0 aromatic heterocycles. The molecule has 0 heterocycles. The van der Waals surface area contributed by atoms with Crippen LogP contribution in [0.15, 0.2) is 23.8 Å². The first kappa shape index (κ1) is 9.40. The Balaban J connectivity index is 2.66. The Hall–Kier alpha value is -0.690. The summed E-state index contributed by atoms with van der Waals surface area (Å²) in [4.78, 5) is 10.7. The van der Waals surface area contributed by atoms with Crippen molar-refractivity contribution in [3.05, 3.63) is 23.8 Å². The Morgan fingerprint density at radius 3 is 2.92 bits per heavy atom. The summed E-state index contributed by atoms with van der Waals surface area (Å²) in [6, 6.07) is 0. The highest BCUT2D eigenvalue weighted by molar-refractivity contribution is 7.20. The van der Waals surface area contributed by atoms with Crippen LogP contribution in [-0.4, -0.2) is 17.7 Å². The molecule has 1 aliphatic rings. The van der Waals surface area contributed by atoms with Gasteiger partial charge in [0.2, 0.25) is 5.91 Å². The van der Waals surface area contributed by atoms with Gasteiger partial charge in [-0.2, -0.15) is 0 Å². The highest BCUT2D eigenvalue weighted by Crippen LogP contribution is 2.20. The fraction of sp³-hybridized carbons (Fsp3) is 0.375. The van der Waals surface area contributed by atoms with Gasteiger partial charge < -0.3 is 5.73 Å². The standard InChI is InChI=1S/C8H11FNOP/c9-6-3-1-5(2-4-6)7(12)8(10)11/h1-3,6-7H,4,12H2,(H2,10,11). The molecule has 4 heteroatoms. The van der Waals surface area contributed by atoms with Gasteiger partial charge in [0.15, 0.2) is 0 Å². The molecule has 66 valence electrons. The average molecular weight is 187 g/mol. The van der Waals surface area contributed by atoms with Gasteiger partial charge in [-0.05, 0) is 5.57 Å². The fourth-order valence-electron chi connectivity index (χ4n) is 1.01. The van der Waals surface area contributed by atoms with Crippen LogP contribution in [0.3, 0.4) is 0 Å². The Kier molecular flexibility index (Phi) is 2.99. The average Bonchev–Trinajstić information content (AvgIpc) is 2.04. The number of hydrogen-bond donors (Lipinski definition) is 1. The summed E-state index contributed by atoms with van der Waals surface area (Å²) in [5, 5.41) is 0. The summed E-state index contributed by atoms with van der Waals surface area (Å²) in [5.41, 5.74) is 5.46. The molecule has 0 aliphatic heterocycles. The minimum atomic E-state index is -0.918. The van der Waals surface area contributed by atoms with Crippen LogP contribution >= 0.6 is 9.24 Å². The molecule has 2 nitrogen and oxygen atoms in total. The van der Waals surface area contributed by atoms with Crippen LogP contribution in [0, 0.1) is 0 Å². The van der Waals surface area contributed by atoms with Crippen LogP contribution in [0.5, 0.6) is 0 Å². The first-order chi connectivity index (χ1) is 5.61. The fourth-order valence-corrected chi connectivity index (χ4v) is 1.25. The highest BCUT2D eigenvalue weighted by atomic mass is 31.0. The van der Waals surface area contributed by atoms with Gasteiger partial charge in [-0.3, -0.25) is 4.79 Å². The normalized spacial score (nSPS) is 24.8. The number of carbonyl (C=O) groups excluding carboxylic acids is 1. The van der Waals surface area contributed by atoms with Crippen molar-refractivity contribution in [2.45, 2.75) is 18.3 Å². The van der Waals surface area contributed by atoms with Crippen molar-refractivity contribution >= 4 is 15.1 Å². The lowest BCUT2D eigenvalue weighted by Crippen LogP contribution is -2.25. The van der Waals surface area contributed by atoms with Gasteiger partial charge >= 0.3 is 0 Å². The molecule has 1 amide bonds. The van der Waals surface area contributed by atoms with Crippen molar-refractivity contribution < 1.29 is 9.18 Å². The first-order valence-corrected chi connectivity index (χ1v) is 4.35. The molecule has 0 aromatic carbocycles. The molecule has 0 saturated carbocycles. The molecule has 0 saturated heterocycles. The van der Waals surface area contributed by atoms with E-state index >= 15 is 0 Å². The number of alkyl halides is 1. The highest BCUT2D eigenvalue weighted by Gasteiger charge is 2.15. The van der Waals surface area contributed by atoms with Crippen LogP contribution in [0.1, 0.15) is 6.42 Å². The zero-order chi connectivity index (χ0) is 9.14. The van der Waals surface area contributed by atoms with Gasteiger partial charge in [0.05, 0.1) is 5.66 Å². The lowest BCUT2D eigenvalue weighted by atomic mass is 10.0. The summed E-state index contributed by atoms with van der Waals surface area (Å²) in [6.45, 7) is 0. The van der Waals surface area contributed by atoms with Gasteiger partial charge in [-0.25, -0.2) is 4.39 Å². The number of carbonyl (C=O) groups is 1. The van der Waals surface area contributed by atoms with Gasteiger partial charge in [0, 0.05) is 6.42 Å². The molecule has 1 rings (SSSR count). The van der Waals surface area contributed by atoms with Gasteiger partial charge in [-0.1, -0.05) is 18.2 Å². The molecule has 0 aromatic rings. The van der Waals surface area contributed by atoms with E-state index in [0.29, 0.717) is 6.42 Å². The van der Waals surface area contributed by atoms with Crippen LogP contribution in [0.4, 0.5) is 4.39 Å². The molecule has 0 bridgehead atoms. The lowest BCUT2D eigenvalue weighted by Gasteiger charge is -2.13. The topological polar surface area (TPSA) is 43.1 Å². The van der Waals surface area contributed by atoms with E-state index < -0.39 is 17.7 Å². The second-order valence-corrected chi connectivity index (χ2v) is 3.36. The smallest absolute Gasteiger partial charge is 0.228 e. The van der Waals surface area contributed by atoms with Crippen molar-refractivity contribution in [3.8, 4) is 0 Å². The molecule has 2 N–H and O–H groups in total. The molecule has 12 heavy (non-hydrogen) atoms. The Bertz CT molecular complexity index is 249. The number of allylic oxidation sites excluding steroid dienone is 3. The van der Waals surface area contributed by atoms with Crippen molar-refractivity contribution in [2.75, 3.05) is 0 Å². The lowest BCUT2D eigenvalue weighted by molar-refractivity contribution is -0.116. The Morgan fingerprint density at radius 2 is 2.50 bits per heavy atom. The molecule has 0 spiro atoms. The van der Waals surface area contributed by atoms with Gasteiger partial charge in [-0.15, -0.1) is 9.24 Å². The van der Waals surface area contributed by atoms with E-state index in [1.807, 2.05) is 0 Å². The summed E-state index contributed by atoms with van der Waals surface area (Å²) >= 11 is 0. The van der Waals surface area contributed by atoms with Crippen LogP contribution < -0.4 is 5.73 Å². The van der Waals surface area contributed by atoms with Gasteiger partial charge in [0.25, 0.3) is 0 Å². The van der Waals surface area contributed by atoms with E-state index in [1.165, 1.54) is 6.08 Å². The second-order valence-electron chi connectivity index (χ2n) is 2.69. The summed E-state index contributed by atoms with van der Waals surface area (Å²) < 4.78 is 12.6. The number of amides is 1. The van der Waals surface area contributed by atoms with E-state index in [0.717, 1.165) is 5.57 Å². The van der Waals surface area contributed by atoms with E-state index in [4.69, 9.17) is 5.73 Å². The van der Waals surface area contributed by atoms with Crippen molar-refractivity contribution in [1.82, 2.24) is 0 Å². The molecule has 1 aliphatic carbocycles. The molecule has 3 atom stereocenters. The van der Waals surface area contributed by atoms with E-state index in [-0.39, 0.29) is 0 Å². The predicted octanol–water partition coefficient (Wildman–Crippen LogP) is 0.940. The Labute approximate surface area is 72.9 Å². The van der Waals surface area contributed by atoms with Crippen molar-refractivity contribution in [1.29, 1.82) is 0 Å². The third-order valence-electron chi connectivity index (χ3n) is 1.74. The number of rotatable bonds is 2. The van der Waals surface area contributed by atoms with Crippen LogP contribution in [-0.2, 0) is 4.79 Å². The minimum Gasteiger partial charge on any atom is -0.369 e. The third kappa shape index (κ3) is 2.15. The monoisotopic (exact) mass is 187 g/mol. The number of primary amides is 1. The molecular weight excluding hydrogens is 176 g/mol. The SMILES string of the molecule is NC(=O)C(P)C1=CCC(F)C=C1. The van der Waals surface area contributed by atoms with E-state index in [1.54, 1.807) is 12.2 Å². The molecule has 3 unspecified atom stereocenters. The number of nitrogens with two attached hydrogens (primary N) is 1. The van der Waals surface area contributed by atoms with E-state index in [2.05, 4.69) is 9.24 Å². The minimum absolute atomic E-state index is 0.337. The van der Waals surface area contributed by atoms with Crippen LogP contribution in [0.25, 0.3) is 0 Å². The number of hydrogen-bond acceptors (Lipinski definition) is 1. The molecule has 0 fully saturated rings. The zero-order valence-electron chi connectivity index (χ0n) is 6.53. The maximum Gasteiger partial charge on any atom is 0.228 e.